The highest BCUT2D eigenvalue weighted by molar-refractivity contribution is 5.90. The zero-order valence-electron chi connectivity index (χ0n) is 13.1. The van der Waals surface area contributed by atoms with Crippen LogP contribution in [0.1, 0.15) is 42.1 Å². The van der Waals surface area contributed by atoms with Gasteiger partial charge in [0.15, 0.2) is 0 Å². The molecule has 1 saturated carbocycles. The van der Waals surface area contributed by atoms with Crippen molar-refractivity contribution in [2.24, 2.45) is 0 Å². The molecule has 2 unspecified atom stereocenters. The molecule has 1 aromatic carbocycles. The van der Waals surface area contributed by atoms with E-state index in [4.69, 9.17) is 4.74 Å². The summed E-state index contributed by atoms with van der Waals surface area (Å²) in [5.74, 6) is -0.279. The molecule has 1 aromatic rings. The Bertz CT molecular complexity index is 540. The first-order valence-electron chi connectivity index (χ1n) is 7.79. The van der Waals surface area contributed by atoms with Gasteiger partial charge in [0.05, 0.1) is 12.7 Å². The van der Waals surface area contributed by atoms with E-state index in [1.165, 1.54) is 26.4 Å². The number of ether oxygens (including phenoxy) is 1. The van der Waals surface area contributed by atoms with Crippen molar-refractivity contribution in [3.63, 3.8) is 0 Å². The molecule has 2 aliphatic rings. The van der Waals surface area contributed by atoms with Crippen molar-refractivity contribution >= 4 is 11.7 Å². The molecule has 1 aliphatic heterocycles. The van der Waals surface area contributed by atoms with Crippen LogP contribution in [0.15, 0.2) is 18.2 Å². The van der Waals surface area contributed by atoms with Gasteiger partial charge in [-0.1, -0.05) is 0 Å². The average molecular weight is 288 g/mol. The van der Waals surface area contributed by atoms with Gasteiger partial charge in [-0.25, -0.2) is 4.79 Å². The Balaban J connectivity index is 1.66. The minimum absolute atomic E-state index is 0.279. The molecular weight excluding hydrogens is 264 g/mol. The number of hydrogen-bond donors (Lipinski definition) is 1. The monoisotopic (exact) mass is 288 g/mol. The van der Waals surface area contributed by atoms with Crippen molar-refractivity contribution in [2.75, 3.05) is 19.0 Å². The SMILES string of the molecule is COC(=O)c1ccc(NC2CC(C)N(C3CC3)C2)c(C)c1. The van der Waals surface area contributed by atoms with E-state index in [1.54, 1.807) is 0 Å². The Morgan fingerprint density at radius 3 is 2.76 bits per heavy atom. The van der Waals surface area contributed by atoms with E-state index in [9.17, 15) is 4.79 Å². The van der Waals surface area contributed by atoms with Crippen molar-refractivity contribution in [3.8, 4) is 0 Å². The molecule has 2 atom stereocenters. The van der Waals surface area contributed by atoms with Crippen molar-refractivity contribution in [3.05, 3.63) is 29.3 Å². The summed E-state index contributed by atoms with van der Waals surface area (Å²) in [5.41, 5.74) is 2.83. The first kappa shape index (κ1) is 14.4. The summed E-state index contributed by atoms with van der Waals surface area (Å²) in [6.45, 7) is 5.49. The minimum Gasteiger partial charge on any atom is -0.465 e. The minimum atomic E-state index is -0.279. The highest BCUT2D eigenvalue weighted by Crippen LogP contribution is 2.34. The Morgan fingerprint density at radius 1 is 1.38 bits per heavy atom. The molecule has 1 N–H and O–H groups in total. The zero-order valence-corrected chi connectivity index (χ0v) is 13.1. The Morgan fingerprint density at radius 2 is 2.14 bits per heavy atom. The number of carbonyl (C=O) groups is 1. The van der Waals surface area contributed by atoms with Crippen molar-refractivity contribution in [1.82, 2.24) is 4.90 Å². The average Bonchev–Trinajstić information content (AvgIpc) is 3.24. The summed E-state index contributed by atoms with van der Waals surface area (Å²) < 4.78 is 4.76. The van der Waals surface area contributed by atoms with Crippen LogP contribution in [-0.4, -0.2) is 42.6 Å². The van der Waals surface area contributed by atoms with Crippen molar-refractivity contribution in [2.45, 2.75) is 51.2 Å². The number of anilines is 1. The molecular formula is C17H24N2O2. The van der Waals surface area contributed by atoms with Crippen LogP contribution in [0.4, 0.5) is 5.69 Å². The number of methoxy groups -OCH3 is 1. The summed E-state index contributed by atoms with van der Waals surface area (Å²) in [4.78, 5) is 14.2. The summed E-state index contributed by atoms with van der Waals surface area (Å²) in [5, 5.41) is 3.64. The number of benzene rings is 1. The zero-order chi connectivity index (χ0) is 15.0. The van der Waals surface area contributed by atoms with Gasteiger partial charge in [0.1, 0.15) is 0 Å². The number of esters is 1. The predicted molar refractivity (Wildman–Crippen MR) is 83.7 cm³/mol. The second kappa shape index (κ2) is 5.68. The molecule has 4 nitrogen and oxygen atoms in total. The first-order valence-corrected chi connectivity index (χ1v) is 7.79. The summed E-state index contributed by atoms with van der Waals surface area (Å²) in [6, 6.07) is 7.72. The lowest BCUT2D eigenvalue weighted by atomic mass is 10.1. The molecule has 4 heteroatoms. The van der Waals surface area contributed by atoms with Gasteiger partial charge in [-0.3, -0.25) is 4.90 Å². The van der Waals surface area contributed by atoms with E-state index >= 15 is 0 Å². The fourth-order valence-corrected chi connectivity index (χ4v) is 3.37. The molecule has 0 spiro atoms. The Labute approximate surface area is 126 Å². The molecule has 0 radical (unpaired) electrons. The second-order valence-electron chi connectivity index (χ2n) is 6.38. The number of nitrogens with one attached hydrogen (secondary N) is 1. The molecule has 114 valence electrons. The molecule has 3 rings (SSSR count). The maximum absolute atomic E-state index is 11.5. The molecule has 0 aromatic heterocycles. The molecule has 1 heterocycles. The van der Waals surface area contributed by atoms with Gasteiger partial charge in [0.2, 0.25) is 0 Å². The van der Waals surface area contributed by atoms with E-state index in [0.717, 1.165) is 23.8 Å². The third kappa shape index (κ3) is 3.05. The predicted octanol–water partition coefficient (Wildman–Crippen LogP) is 2.82. The van der Waals surface area contributed by atoms with Gasteiger partial charge >= 0.3 is 5.97 Å². The Hall–Kier alpha value is -1.55. The van der Waals surface area contributed by atoms with Crippen molar-refractivity contribution < 1.29 is 9.53 Å². The number of hydrogen-bond acceptors (Lipinski definition) is 4. The van der Waals surface area contributed by atoms with Crippen LogP contribution in [0.2, 0.25) is 0 Å². The van der Waals surface area contributed by atoms with E-state index in [1.807, 2.05) is 25.1 Å². The molecule has 1 saturated heterocycles. The van der Waals surface area contributed by atoms with Gasteiger partial charge in [0, 0.05) is 30.4 Å². The fraction of sp³-hybridized carbons (Fsp3) is 0.588. The van der Waals surface area contributed by atoms with Crippen LogP contribution in [0.25, 0.3) is 0 Å². The number of nitrogens with zero attached hydrogens (tertiary/aromatic N) is 1. The van der Waals surface area contributed by atoms with E-state index < -0.39 is 0 Å². The maximum Gasteiger partial charge on any atom is 0.337 e. The quantitative estimate of drug-likeness (QED) is 0.865. The smallest absolute Gasteiger partial charge is 0.337 e. The standard InChI is InChI=1S/C17H24N2O2/c1-11-8-13(17(20)21-3)4-7-16(11)18-14-9-12(2)19(10-14)15-5-6-15/h4,7-8,12,14-15,18H,5-6,9-10H2,1-3H3. The van der Waals surface area contributed by atoms with Gasteiger partial charge in [-0.15, -0.1) is 0 Å². The molecule has 0 amide bonds. The van der Waals surface area contributed by atoms with Crippen LogP contribution in [-0.2, 0) is 4.74 Å². The molecule has 2 fully saturated rings. The maximum atomic E-state index is 11.5. The lowest BCUT2D eigenvalue weighted by Crippen LogP contribution is -2.31. The van der Waals surface area contributed by atoms with Crippen LogP contribution in [0.3, 0.4) is 0 Å². The molecule has 21 heavy (non-hydrogen) atoms. The lowest BCUT2D eigenvalue weighted by Gasteiger charge is -2.20. The normalized spacial score (nSPS) is 25.9. The van der Waals surface area contributed by atoms with Crippen LogP contribution < -0.4 is 5.32 Å². The summed E-state index contributed by atoms with van der Waals surface area (Å²) in [6.07, 6.45) is 3.92. The first-order chi connectivity index (χ1) is 10.1. The van der Waals surface area contributed by atoms with Gasteiger partial charge in [-0.05, 0) is 56.9 Å². The molecule has 0 bridgehead atoms. The number of likely N-dealkylation sites (tertiary alicyclic amines) is 1. The summed E-state index contributed by atoms with van der Waals surface area (Å²) >= 11 is 0. The number of carbonyl (C=O) groups excluding carboxylic acids is 1. The van der Waals surface area contributed by atoms with Crippen LogP contribution in [0.5, 0.6) is 0 Å². The lowest BCUT2D eigenvalue weighted by molar-refractivity contribution is 0.0600. The van der Waals surface area contributed by atoms with E-state index in [2.05, 4.69) is 17.1 Å². The van der Waals surface area contributed by atoms with E-state index in [0.29, 0.717) is 17.6 Å². The summed E-state index contributed by atoms with van der Waals surface area (Å²) in [7, 11) is 1.41. The highest BCUT2D eigenvalue weighted by Gasteiger charge is 2.38. The Kier molecular flexibility index (Phi) is 3.89. The van der Waals surface area contributed by atoms with Crippen LogP contribution in [0, 0.1) is 6.92 Å². The van der Waals surface area contributed by atoms with Crippen LogP contribution >= 0.6 is 0 Å². The highest BCUT2D eigenvalue weighted by atomic mass is 16.5. The second-order valence-corrected chi connectivity index (χ2v) is 6.38. The van der Waals surface area contributed by atoms with Gasteiger partial charge in [-0.2, -0.15) is 0 Å². The number of rotatable bonds is 4. The number of aryl methyl sites for hydroxylation is 1. The topological polar surface area (TPSA) is 41.6 Å². The largest absolute Gasteiger partial charge is 0.465 e. The van der Waals surface area contributed by atoms with Gasteiger partial charge in [0.25, 0.3) is 0 Å². The van der Waals surface area contributed by atoms with Gasteiger partial charge < -0.3 is 10.1 Å². The van der Waals surface area contributed by atoms with Crippen molar-refractivity contribution in [1.29, 1.82) is 0 Å². The fourth-order valence-electron chi connectivity index (χ4n) is 3.37. The van der Waals surface area contributed by atoms with E-state index in [-0.39, 0.29) is 5.97 Å². The molecule has 1 aliphatic carbocycles. The third-order valence-electron chi connectivity index (χ3n) is 4.65. The third-order valence-corrected chi connectivity index (χ3v) is 4.65.